The molecular formula is C77H124O6. The number of carbonyl (C=O) groups is 3. The molecular weight excluding hydrogens is 1020 g/mol. The predicted molar refractivity (Wildman–Crippen MR) is 362 cm³/mol. The smallest absolute Gasteiger partial charge is 0.306 e. The van der Waals surface area contributed by atoms with E-state index < -0.39 is 6.10 Å². The SMILES string of the molecule is CC/C=C\C/C=C\C/C=C\C/C=C\C/C=C\C/C=C\C/C=C\C/C=C\CCCCCCCCC(=O)OCC(COC(=O)CCCCCCC/C=C\C/C=C\C/C=C\CC)OC(=O)CCCCCCCCCCC/C=C\C/C=C\CCCCC. The summed E-state index contributed by atoms with van der Waals surface area (Å²) in [4.78, 5) is 38.4. The van der Waals surface area contributed by atoms with Crippen molar-refractivity contribution in [2.75, 3.05) is 13.2 Å². The second kappa shape index (κ2) is 69.5. The van der Waals surface area contributed by atoms with Crippen LogP contribution in [0.15, 0.2) is 158 Å². The molecule has 0 radical (unpaired) electrons. The third-order valence-electron chi connectivity index (χ3n) is 14.0. The van der Waals surface area contributed by atoms with E-state index in [0.29, 0.717) is 19.3 Å². The molecule has 0 aromatic carbocycles. The number of unbranched alkanes of at least 4 members (excludes halogenated alkanes) is 23. The van der Waals surface area contributed by atoms with Crippen LogP contribution in [0.1, 0.15) is 290 Å². The van der Waals surface area contributed by atoms with E-state index in [-0.39, 0.29) is 31.1 Å². The van der Waals surface area contributed by atoms with Gasteiger partial charge in [0.25, 0.3) is 0 Å². The molecule has 0 aliphatic rings. The van der Waals surface area contributed by atoms with Gasteiger partial charge in [-0.3, -0.25) is 14.4 Å². The second-order valence-corrected chi connectivity index (χ2v) is 22.0. The van der Waals surface area contributed by atoms with Crippen molar-refractivity contribution in [3.05, 3.63) is 158 Å². The number of carbonyl (C=O) groups excluding carboxylic acids is 3. The Morgan fingerprint density at radius 2 is 0.470 bits per heavy atom. The molecule has 0 N–H and O–H groups in total. The summed E-state index contributed by atoms with van der Waals surface area (Å²) < 4.78 is 16.9. The van der Waals surface area contributed by atoms with Gasteiger partial charge in [-0.2, -0.15) is 0 Å². The fourth-order valence-corrected chi connectivity index (χ4v) is 8.97. The number of hydrogen-bond acceptors (Lipinski definition) is 6. The van der Waals surface area contributed by atoms with Crippen LogP contribution in [-0.2, 0) is 28.6 Å². The predicted octanol–water partition coefficient (Wildman–Crippen LogP) is 23.7. The number of ether oxygens (including phenoxy) is 3. The lowest BCUT2D eigenvalue weighted by atomic mass is 10.1. The fraction of sp³-hybridized carbons (Fsp3) is 0.623. The van der Waals surface area contributed by atoms with E-state index in [4.69, 9.17) is 14.2 Å². The summed E-state index contributed by atoms with van der Waals surface area (Å²) in [6.07, 6.45) is 101. The second-order valence-electron chi connectivity index (χ2n) is 22.0. The molecule has 0 fully saturated rings. The zero-order chi connectivity index (χ0) is 59.9. The van der Waals surface area contributed by atoms with Crippen LogP contribution in [0.2, 0.25) is 0 Å². The molecule has 0 aliphatic carbocycles. The van der Waals surface area contributed by atoms with E-state index in [2.05, 4.69) is 179 Å². The van der Waals surface area contributed by atoms with E-state index in [9.17, 15) is 14.4 Å². The van der Waals surface area contributed by atoms with Crippen LogP contribution in [0.5, 0.6) is 0 Å². The number of rotatable bonds is 60. The largest absolute Gasteiger partial charge is 0.462 e. The van der Waals surface area contributed by atoms with Gasteiger partial charge in [0.05, 0.1) is 0 Å². The Bertz CT molecular complexity index is 1840. The third-order valence-corrected chi connectivity index (χ3v) is 14.0. The Morgan fingerprint density at radius 1 is 0.253 bits per heavy atom. The minimum atomic E-state index is -0.803. The Morgan fingerprint density at radius 3 is 0.735 bits per heavy atom. The Balaban J connectivity index is 4.40. The Kier molecular flexibility index (Phi) is 65.4. The van der Waals surface area contributed by atoms with Crippen molar-refractivity contribution in [1.82, 2.24) is 0 Å². The van der Waals surface area contributed by atoms with Gasteiger partial charge in [-0.1, -0.05) is 281 Å². The van der Waals surface area contributed by atoms with E-state index in [1.807, 2.05) is 0 Å². The summed E-state index contributed by atoms with van der Waals surface area (Å²) in [5.41, 5.74) is 0. The van der Waals surface area contributed by atoms with Crippen molar-refractivity contribution in [2.45, 2.75) is 297 Å². The maximum atomic E-state index is 12.9. The molecule has 0 bridgehead atoms. The first-order chi connectivity index (χ1) is 41.0. The number of allylic oxidation sites excluding steroid dienone is 26. The van der Waals surface area contributed by atoms with E-state index in [0.717, 1.165) is 167 Å². The number of esters is 3. The summed E-state index contributed by atoms with van der Waals surface area (Å²) in [7, 11) is 0. The molecule has 0 aliphatic heterocycles. The molecule has 6 heteroatoms. The van der Waals surface area contributed by atoms with Crippen molar-refractivity contribution in [1.29, 1.82) is 0 Å². The molecule has 0 spiro atoms. The van der Waals surface area contributed by atoms with Crippen molar-refractivity contribution in [3.63, 3.8) is 0 Å². The van der Waals surface area contributed by atoms with E-state index in [1.54, 1.807) is 0 Å². The Labute approximate surface area is 511 Å². The molecule has 0 saturated carbocycles. The monoisotopic (exact) mass is 1140 g/mol. The highest BCUT2D eigenvalue weighted by atomic mass is 16.6. The van der Waals surface area contributed by atoms with Crippen LogP contribution in [-0.4, -0.2) is 37.2 Å². The molecule has 0 aromatic heterocycles. The van der Waals surface area contributed by atoms with Crippen LogP contribution in [0, 0.1) is 0 Å². The Hall–Kier alpha value is -4.97. The van der Waals surface area contributed by atoms with Gasteiger partial charge in [-0.05, 0) is 148 Å². The van der Waals surface area contributed by atoms with Gasteiger partial charge in [0.2, 0.25) is 0 Å². The molecule has 0 saturated heterocycles. The van der Waals surface area contributed by atoms with Gasteiger partial charge in [0, 0.05) is 19.3 Å². The number of hydrogen-bond donors (Lipinski definition) is 0. The molecule has 0 aromatic rings. The molecule has 0 heterocycles. The van der Waals surface area contributed by atoms with Gasteiger partial charge < -0.3 is 14.2 Å². The maximum absolute atomic E-state index is 12.9. The lowest BCUT2D eigenvalue weighted by Crippen LogP contribution is -2.30. The van der Waals surface area contributed by atoms with Gasteiger partial charge in [0.15, 0.2) is 6.10 Å². The quantitative estimate of drug-likeness (QED) is 0.0261. The van der Waals surface area contributed by atoms with Crippen LogP contribution in [0.25, 0.3) is 0 Å². The van der Waals surface area contributed by atoms with Crippen LogP contribution in [0.3, 0.4) is 0 Å². The molecule has 0 amide bonds. The zero-order valence-corrected chi connectivity index (χ0v) is 53.7. The van der Waals surface area contributed by atoms with Crippen LogP contribution >= 0.6 is 0 Å². The third kappa shape index (κ3) is 67.7. The molecule has 0 rings (SSSR count). The van der Waals surface area contributed by atoms with Crippen LogP contribution < -0.4 is 0 Å². The first-order valence-electron chi connectivity index (χ1n) is 34.0. The summed E-state index contributed by atoms with van der Waals surface area (Å²) in [5, 5.41) is 0. The average Bonchev–Trinajstić information content (AvgIpc) is 3.49. The maximum Gasteiger partial charge on any atom is 0.306 e. The first kappa shape index (κ1) is 78.0. The summed E-state index contributed by atoms with van der Waals surface area (Å²) in [5.74, 6) is -0.932. The van der Waals surface area contributed by atoms with E-state index in [1.165, 1.54) is 83.5 Å². The standard InChI is InChI=1S/C77H124O6/c1-4-7-10-13-16-19-22-25-28-30-32-33-34-35-36-37-38-39-40-41-42-43-45-46-49-52-55-58-61-64-67-70-76(79)82-73-74(72-81-75(78)69-66-63-60-57-54-51-48-27-24-21-18-15-12-9-6-3)83-77(80)71-68-65-62-59-56-53-50-47-44-31-29-26-23-20-17-14-11-8-5-2/h7,9-10,12,16-21,25-29,32-33,35-36,38-39,41-42,45-46,48,74H,4-6,8,11,13-15,22-24,30-31,34,37,40,43-44,47,49-73H2,1-3H3/b10-7-,12-9-,19-16-,20-17-,21-18-,28-25-,29-26-,33-32-,36-35-,39-38-,42-41-,46-45-,48-27-. The van der Waals surface area contributed by atoms with Gasteiger partial charge in [0.1, 0.15) is 13.2 Å². The first-order valence-corrected chi connectivity index (χ1v) is 34.0. The van der Waals surface area contributed by atoms with Crippen molar-refractivity contribution in [3.8, 4) is 0 Å². The van der Waals surface area contributed by atoms with Crippen LogP contribution in [0.4, 0.5) is 0 Å². The van der Waals surface area contributed by atoms with Gasteiger partial charge in [-0.25, -0.2) is 0 Å². The van der Waals surface area contributed by atoms with E-state index >= 15 is 0 Å². The van der Waals surface area contributed by atoms with Crippen molar-refractivity contribution < 1.29 is 28.6 Å². The minimum absolute atomic E-state index is 0.0986. The van der Waals surface area contributed by atoms with Gasteiger partial charge in [-0.15, -0.1) is 0 Å². The molecule has 1 atom stereocenters. The lowest BCUT2D eigenvalue weighted by Gasteiger charge is -2.18. The fourth-order valence-electron chi connectivity index (χ4n) is 8.97. The average molecular weight is 1150 g/mol. The summed E-state index contributed by atoms with van der Waals surface area (Å²) in [6, 6.07) is 0. The topological polar surface area (TPSA) is 78.9 Å². The summed E-state index contributed by atoms with van der Waals surface area (Å²) in [6.45, 7) is 6.37. The van der Waals surface area contributed by atoms with Crippen molar-refractivity contribution in [2.24, 2.45) is 0 Å². The summed E-state index contributed by atoms with van der Waals surface area (Å²) >= 11 is 0. The minimum Gasteiger partial charge on any atom is -0.462 e. The van der Waals surface area contributed by atoms with Crippen molar-refractivity contribution >= 4 is 17.9 Å². The normalized spacial score (nSPS) is 13.1. The zero-order valence-electron chi connectivity index (χ0n) is 53.7. The molecule has 6 nitrogen and oxygen atoms in total. The highest BCUT2D eigenvalue weighted by Crippen LogP contribution is 2.15. The highest BCUT2D eigenvalue weighted by molar-refractivity contribution is 5.71. The molecule has 1 unspecified atom stereocenters. The highest BCUT2D eigenvalue weighted by Gasteiger charge is 2.19. The van der Waals surface area contributed by atoms with Gasteiger partial charge >= 0.3 is 17.9 Å². The lowest BCUT2D eigenvalue weighted by molar-refractivity contribution is -0.167. The molecule has 83 heavy (non-hydrogen) atoms. The molecule has 468 valence electrons.